The molecule has 0 spiro atoms. The van der Waals surface area contributed by atoms with Gasteiger partial charge in [0, 0.05) is 0 Å². The molecular formula is C16H14N3O5-. The molecule has 0 atom stereocenters. The fraction of sp³-hybridized carbons (Fsp3) is 0.125. The molecule has 2 N–H and O–H groups in total. The number of fused-ring (bicyclic) bond motifs is 1. The second-order valence-electron chi connectivity index (χ2n) is 5.12. The summed E-state index contributed by atoms with van der Waals surface area (Å²) in [5.74, 6) is 0. The van der Waals surface area contributed by atoms with Gasteiger partial charge in [0.2, 0.25) is 0 Å². The van der Waals surface area contributed by atoms with Gasteiger partial charge in [-0.1, -0.05) is 30.3 Å². The molecule has 3 aromatic rings. The molecule has 0 aliphatic rings. The van der Waals surface area contributed by atoms with Gasteiger partial charge in [-0.05, 0) is 23.8 Å². The van der Waals surface area contributed by atoms with Crippen molar-refractivity contribution in [2.75, 3.05) is 5.23 Å². The Morgan fingerprint density at radius 2 is 1.92 bits per heavy atom. The first-order valence-electron chi connectivity index (χ1n) is 7.11. The number of aromatic amines is 1. The van der Waals surface area contributed by atoms with Crippen molar-refractivity contribution < 1.29 is 9.94 Å². The van der Waals surface area contributed by atoms with E-state index >= 15 is 0 Å². The van der Waals surface area contributed by atoms with Gasteiger partial charge in [-0.2, -0.15) is 0 Å². The molecule has 0 aliphatic heterocycles. The number of benzene rings is 2. The van der Waals surface area contributed by atoms with Crippen LogP contribution in [0.25, 0.3) is 10.9 Å². The lowest BCUT2D eigenvalue weighted by molar-refractivity contribution is 0.0638. The molecule has 1 heterocycles. The molecule has 0 saturated carbocycles. The van der Waals surface area contributed by atoms with Crippen molar-refractivity contribution in [3.05, 3.63) is 80.1 Å². The lowest BCUT2D eigenvalue weighted by Gasteiger charge is -2.22. The van der Waals surface area contributed by atoms with Gasteiger partial charge in [0.05, 0.1) is 23.2 Å². The Morgan fingerprint density at radius 1 is 1.17 bits per heavy atom. The maximum absolute atomic E-state index is 12.0. The van der Waals surface area contributed by atoms with Crippen molar-refractivity contribution in [1.29, 1.82) is 0 Å². The van der Waals surface area contributed by atoms with Crippen LogP contribution in [0.2, 0.25) is 0 Å². The van der Waals surface area contributed by atoms with Crippen LogP contribution in [-0.2, 0) is 18.1 Å². The van der Waals surface area contributed by atoms with Crippen molar-refractivity contribution >= 4 is 16.6 Å². The third kappa shape index (κ3) is 3.20. The number of hydrogen-bond donors (Lipinski definition) is 2. The van der Waals surface area contributed by atoms with Crippen LogP contribution in [0.3, 0.4) is 0 Å². The Balaban J connectivity index is 1.92. The number of rotatable bonds is 5. The molecule has 0 amide bonds. The molecule has 3 rings (SSSR count). The van der Waals surface area contributed by atoms with Gasteiger partial charge < -0.3 is 15.2 Å². The van der Waals surface area contributed by atoms with Crippen LogP contribution in [-0.4, -0.2) is 14.8 Å². The molecule has 2 aromatic carbocycles. The quantitative estimate of drug-likeness (QED) is 0.688. The van der Waals surface area contributed by atoms with Crippen molar-refractivity contribution in [1.82, 2.24) is 9.55 Å². The molecule has 1 aromatic heterocycles. The number of ether oxygens (including phenoxy) is 1. The summed E-state index contributed by atoms with van der Waals surface area (Å²) < 4.78 is 6.78. The summed E-state index contributed by atoms with van der Waals surface area (Å²) in [5, 5.41) is 19.6. The molecule has 8 heteroatoms. The summed E-state index contributed by atoms with van der Waals surface area (Å²) in [6.45, 7) is 0.234. The third-order valence-corrected chi connectivity index (χ3v) is 3.53. The molecule has 24 heavy (non-hydrogen) atoms. The lowest BCUT2D eigenvalue weighted by Crippen LogP contribution is -2.31. The van der Waals surface area contributed by atoms with Gasteiger partial charge >= 0.3 is 5.69 Å². The van der Waals surface area contributed by atoms with Crippen LogP contribution in [0.4, 0.5) is 5.69 Å². The summed E-state index contributed by atoms with van der Waals surface area (Å²) in [4.78, 5) is 26.1. The monoisotopic (exact) mass is 328 g/mol. The highest BCUT2D eigenvalue weighted by Gasteiger charge is 2.09. The van der Waals surface area contributed by atoms with Gasteiger partial charge in [0.1, 0.15) is 6.73 Å². The number of nitrogens with zero attached hydrogens (tertiary/aromatic N) is 2. The number of anilines is 1. The first kappa shape index (κ1) is 15.9. The lowest BCUT2D eigenvalue weighted by atomic mass is 10.2. The van der Waals surface area contributed by atoms with Gasteiger partial charge in [-0.25, -0.2) is 4.79 Å². The molecule has 0 fully saturated rings. The summed E-state index contributed by atoms with van der Waals surface area (Å²) in [6.07, 6.45) is 0. The highest BCUT2D eigenvalue weighted by Crippen LogP contribution is 2.17. The number of hydrogen-bond acceptors (Lipinski definition) is 6. The van der Waals surface area contributed by atoms with Crippen molar-refractivity contribution in [3.63, 3.8) is 0 Å². The van der Waals surface area contributed by atoms with E-state index in [0.717, 1.165) is 5.56 Å². The van der Waals surface area contributed by atoms with E-state index in [4.69, 9.17) is 9.94 Å². The minimum atomic E-state index is -0.641. The molecular weight excluding hydrogens is 314 g/mol. The number of aromatic nitrogens is 2. The SMILES string of the molecule is O=c1[nH]c(=O)n(COCc2ccccc2)c2ccc(N([O-])O)cc12. The zero-order valence-corrected chi connectivity index (χ0v) is 12.5. The fourth-order valence-corrected chi connectivity index (χ4v) is 2.36. The van der Waals surface area contributed by atoms with E-state index in [1.165, 1.54) is 22.8 Å². The van der Waals surface area contributed by atoms with Crippen LogP contribution in [0.15, 0.2) is 58.1 Å². The average Bonchev–Trinajstić information content (AvgIpc) is 2.58. The van der Waals surface area contributed by atoms with Crippen molar-refractivity contribution in [3.8, 4) is 0 Å². The van der Waals surface area contributed by atoms with Gasteiger partial charge in [-0.3, -0.25) is 19.6 Å². The van der Waals surface area contributed by atoms with Crippen molar-refractivity contribution in [2.24, 2.45) is 0 Å². The Hall–Kier alpha value is -2.94. The molecule has 0 unspecified atom stereocenters. The zero-order chi connectivity index (χ0) is 17.1. The highest BCUT2D eigenvalue weighted by molar-refractivity contribution is 5.81. The van der Waals surface area contributed by atoms with E-state index in [1.54, 1.807) is 0 Å². The van der Waals surface area contributed by atoms with Gasteiger partial charge in [0.25, 0.3) is 5.56 Å². The van der Waals surface area contributed by atoms with E-state index < -0.39 is 11.2 Å². The summed E-state index contributed by atoms with van der Waals surface area (Å²) in [6, 6.07) is 13.4. The molecule has 0 bridgehead atoms. The molecule has 8 nitrogen and oxygen atoms in total. The Labute approximate surface area is 135 Å². The molecule has 0 aliphatic carbocycles. The smallest absolute Gasteiger partial charge is 0.330 e. The number of H-pyrrole nitrogens is 1. The normalized spacial score (nSPS) is 10.9. The fourth-order valence-electron chi connectivity index (χ4n) is 2.36. The maximum Gasteiger partial charge on any atom is 0.330 e. The minimum absolute atomic E-state index is 0.0689. The van der Waals surface area contributed by atoms with E-state index in [-0.39, 0.29) is 23.0 Å². The predicted molar refractivity (Wildman–Crippen MR) is 87.7 cm³/mol. The molecule has 124 valence electrons. The van der Waals surface area contributed by atoms with E-state index in [9.17, 15) is 14.8 Å². The Bertz CT molecular complexity index is 963. The maximum atomic E-state index is 12.0. The summed E-state index contributed by atoms with van der Waals surface area (Å²) in [7, 11) is 0. The minimum Gasteiger partial charge on any atom is -0.733 e. The highest BCUT2D eigenvalue weighted by atomic mass is 16.8. The second-order valence-corrected chi connectivity index (χ2v) is 5.12. The predicted octanol–water partition coefficient (Wildman–Crippen LogP) is 1.56. The van der Waals surface area contributed by atoms with E-state index in [2.05, 4.69) is 4.98 Å². The largest absolute Gasteiger partial charge is 0.733 e. The Morgan fingerprint density at radius 3 is 2.62 bits per heavy atom. The van der Waals surface area contributed by atoms with Gasteiger partial charge in [0.15, 0.2) is 0 Å². The second kappa shape index (κ2) is 6.67. The summed E-state index contributed by atoms with van der Waals surface area (Å²) in [5.41, 5.74) is -0.107. The van der Waals surface area contributed by atoms with Crippen LogP contribution >= 0.6 is 0 Å². The van der Waals surface area contributed by atoms with Crippen LogP contribution < -0.4 is 16.5 Å². The van der Waals surface area contributed by atoms with Gasteiger partial charge in [-0.15, -0.1) is 0 Å². The molecule has 0 radical (unpaired) electrons. The van der Waals surface area contributed by atoms with Crippen LogP contribution in [0, 0.1) is 5.21 Å². The third-order valence-electron chi connectivity index (χ3n) is 3.53. The Kier molecular flexibility index (Phi) is 4.43. The average molecular weight is 328 g/mol. The topological polar surface area (TPSA) is 111 Å². The van der Waals surface area contributed by atoms with Crippen LogP contribution in [0.1, 0.15) is 5.56 Å². The first-order valence-corrected chi connectivity index (χ1v) is 7.11. The summed E-state index contributed by atoms with van der Waals surface area (Å²) >= 11 is 0. The van der Waals surface area contributed by atoms with E-state index in [0.29, 0.717) is 12.1 Å². The standard InChI is InChI=1S/C16H14N3O5/c20-15-13-8-12(19(22)23)6-7-14(13)18(16(21)17-15)10-24-9-11-4-2-1-3-5-11/h1-8,22H,9-10H2,(H,17,20,21)/q-1. The number of nitrogens with one attached hydrogen (secondary N) is 1. The first-order chi connectivity index (χ1) is 11.6. The van der Waals surface area contributed by atoms with Crippen LogP contribution in [0.5, 0.6) is 0 Å². The zero-order valence-electron chi connectivity index (χ0n) is 12.5. The molecule has 0 saturated heterocycles. The van der Waals surface area contributed by atoms with E-state index in [1.807, 2.05) is 30.3 Å². The van der Waals surface area contributed by atoms with Crippen molar-refractivity contribution in [2.45, 2.75) is 13.3 Å².